The number of aryl methyl sites for hydroxylation is 1. The Morgan fingerprint density at radius 1 is 1.07 bits per heavy atom. The van der Waals surface area contributed by atoms with Gasteiger partial charge in [-0.1, -0.05) is 35.7 Å². The molecule has 0 saturated carbocycles. The van der Waals surface area contributed by atoms with Gasteiger partial charge in [-0.25, -0.2) is 4.98 Å². The number of halogens is 4. The van der Waals surface area contributed by atoms with E-state index in [0.29, 0.717) is 21.2 Å². The summed E-state index contributed by atoms with van der Waals surface area (Å²) in [6.45, 7) is 1.72. The number of nitriles is 1. The van der Waals surface area contributed by atoms with E-state index in [9.17, 15) is 13.2 Å². The summed E-state index contributed by atoms with van der Waals surface area (Å²) >= 11 is 7.10. The van der Waals surface area contributed by atoms with Crippen molar-refractivity contribution in [1.29, 1.82) is 5.26 Å². The Labute approximate surface area is 180 Å². The Morgan fingerprint density at radius 3 is 2.40 bits per heavy atom. The minimum absolute atomic E-state index is 0.255. The van der Waals surface area contributed by atoms with Crippen molar-refractivity contribution < 1.29 is 17.9 Å². The average Bonchev–Trinajstić information content (AvgIpc) is 2.67. The maximum absolute atomic E-state index is 12.4. The van der Waals surface area contributed by atoms with Crippen molar-refractivity contribution >= 4 is 23.4 Å². The van der Waals surface area contributed by atoms with Gasteiger partial charge in [-0.05, 0) is 71.6 Å². The van der Waals surface area contributed by atoms with Crippen molar-refractivity contribution in [3.63, 3.8) is 0 Å². The van der Waals surface area contributed by atoms with Crippen LogP contribution in [0.25, 0.3) is 11.1 Å². The van der Waals surface area contributed by atoms with Gasteiger partial charge in [-0.15, -0.1) is 13.2 Å². The van der Waals surface area contributed by atoms with Crippen LogP contribution in [0.1, 0.15) is 16.8 Å². The van der Waals surface area contributed by atoms with Gasteiger partial charge in [0.05, 0.1) is 5.02 Å². The topological polar surface area (TPSA) is 45.9 Å². The Bertz CT molecular complexity index is 1180. The maximum Gasteiger partial charge on any atom is 0.573 e. The number of rotatable bonds is 3. The lowest BCUT2D eigenvalue weighted by molar-refractivity contribution is -0.274. The standard InChI is InChI=1S/C22H12ClF3N2OS/c1-14-10-17(29-22(24,25)26)7-8-19(14)16-5-2-15(3-6-16)4-9-21-20(23)11-18(12-28-21)30-13-27/h2-3,5-8,10-12H,1H3. The van der Waals surface area contributed by atoms with Crippen molar-refractivity contribution in [2.75, 3.05) is 0 Å². The molecule has 0 aliphatic rings. The number of ether oxygens (including phenoxy) is 1. The molecule has 0 fully saturated rings. The molecule has 0 atom stereocenters. The summed E-state index contributed by atoms with van der Waals surface area (Å²) < 4.78 is 41.0. The number of hydrogen-bond acceptors (Lipinski definition) is 4. The Morgan fingerprint density at radius 2 is 1.80 bits per heavy atom. The highest BCUT2D eigenvalue weighted by Gasteiger charge is 2.31. The summed E-state index contributed by atoms with van der Waals surface area (Å²) in [5, 5.41) is 11.0. The third-order valence-corrected chi connectivity index (χ3v) is 4.77. The molecule has 2 aromatic carbocycles. The number of hydrogen-bond donors (Lipinski definition) is 0. The van der Waals surface area contributed by atoms with Crippen LogP contribution in [0.15, 0.2) is 59.6 Å². The summed E-state index contributed by atoms with van der Waals surface area (Å²) in [5.41, 5.74) is 3.41. The van der Waals surface area contributed by atoms with Crippen LogP contribution in [0.5, 0.6) is 5.75 Å². The molecule has 3 rings (SSSR count). The second-order valence-corrected chi connectivity index (χ2v) is 7.31. The Hall–Kier alpha value is -3.13. The van der Waals surface area contributed by atoms with Gasteiger partial charge in [0, 0.05) is 16.7 Å². The lowest BCUT2D eigenvalue weighted by Crippen LogP contribution is -2.17. The molecule has 0 unspecified atom stereocenters. The van der Waals surface area contributed by atoms with Gasteiger partial charge in [0.25, 0.3) is 0 Å². The number of thiocyanates is 1. The SMILES string of the molecule is Cc1cc(OC(F)(F)F)ccc1-c1ccc(C#Cc2ncc(SC#N)cc2Cl)cc1. The molecule has 150 valence electrons. The molecule has 0 saturated heterocycles. The number of thioether (sulfide) groups is 1. The molecule has 30 heavy (non-hydrogen) atoms. The zero-order valence-corrected chi connectivity index (χ0v) is 17.0. The highest BCUT2D eigenvalue weighted by molar-refractivity contribution is 8.03. The predicted molar refractivity (Wildman–Crippen MR) is 110 cm³/mol. The molecular weight excluding hydrogens is 433 g/mol. The molecule has 0 bridgehead atoms. The second-order valence-electron chi connectivity index (χ2n) is 6.05. The third kappa shape index (κ3) is 5.70. The van der Waals surface area contributed by atoms with Crippen LogP contribution in [-0.4, -0.2) is 11.3 Å². The third-order valence-electron chi connectivity index (χ3n) is 3.93. The van der Waals surface area contributed by atoms with Gasteiger partial charge < -0.3 is 4.74 Å². The first-order chi connectivity index (χ1) is 14.2. The largest absolute Gasteiger partial charge is 0.573 e. The van der Waals surface area contributed by atoms with Gasteiger partial charge in [0.15, 0.2) is 0 Å². The van der Waals surface area contributed by atoms with Crippen molar-refractivity contribution in [3.05, 3.63) is 76.6 Å². The normalized spacial score (nSPS) is 10.7. The van der Waals surface area contributed by atoms with E-state index in [4.69, 9.17) is 16.9 Å². The van der Waals surface area contributed by atoms with E-state index < -0.39 is 6.36 Å². The highest BCUT2D eigenvalue weighted by Crippen LogP contribution is 2.30. The zero-order chi connectivity index (χ0) is 21.7. The van der Waals surface area contributed by atoms with Crippen LogP contribution < -0.4 is 4.74 Å². The number of nitrogens with zero attached hydrogens (tertiary/aromatic N) is 2. The van der Waals surface area contributed by atoms with Gasteiger partial charge in [0.2, 0.25) is 0 Å². The summed E-state index contributed by atoms with van der Waals surface area (Å²) in [7, 11) is 0. The molecular formula is C22H12ClF3N2OS. The van der Waals surface area contributed by atoms with Gasteiger partial charge in [0.1, 0.15) is 16.8 Å². The van der Waals surface area contributed by atoms with Gasteiger partial charge in [-0.2, -0.15) is 5.26 Å². The molecule has 0 amide bonds. The first-order valence-corrected chi connectivity index (χ1v) is 9.65. The molecule has 0 spiro atoms. The molecule has 8 heteroatoms. The van der Waals surface area contributed by atoms with Crippen molar-refractivity contribution in [3.8, 4) is 34.1 Å². The monoisotopic (exact) mass is 444 g/mol. The van der Waals surface area contributed by atoms with E-state index in [1.54, 1.807) is 31.2 Å². The first-order valence-electron chi connectivity index (χ1n) is 8.45. The quantitative estimate of drug-likeness (QED) is 0.260. The maximum atomic E-state index is 12.4. The van der Waals surface area contributed by atoms with Crippen LogP contribution >= 0.6 is 23.4 Å². The smallest absolute Gasteiger partial charge is 0.406 e. The summed E-state index contributed by atoms with van der Waals surface area (Å²) in [6.07, 6.45) is -3.19. The molecule has 1 aromatic heterocycles. The van der Waals surface area contributed by atoms with Crippen LogP contribution in [-0.2, 0) is 0 Å². The molecule has 0 aliphatic carbocycles. The van der Waals surface area contributed by atoms with E-state index in [1.165, 1.54) is 18.3 Å². The fourth-order valence-electron chi connectivity index (χ4n) is 2.64. The Kier molecular flexibility index (Phi) is 6.56. The van der Waals surface area contributed by atoms with Gasteiger partial charge in [-0.3, -0.25) is 0 Å². The predicted octanol–water partition coefficient (Wildman–Crippen LogP) is 6.58. The number of pyridine rings is 1. The van der Waals surface area contributed by atoms with Crippen molar-refractivity contribution in [2.45, 2.75) is 18.2 Å². The number of alkyl halides is 3. The van der Waals surface area contributed by atoms with E-state index in [1.807, 2.05) is 17.5 Å². The molecule has 3 nitrogen and oxygen atoms in total. The zero-order valence-electron chi connectivity index (χ0n) is 15.4. The van der Waals surface area contributed by atoms with Crippen LogP contribution in [0.4, 0.5) is 13.2 Å². The summed E-state index contributed by atoms with van der Waals surface area (Å²) in [4.78, 5) is 4.79. The fraction of sp³-hybridized carbons (Fsp3) is 0.0909. The average molecular weight is 445 g/mol. The molecule has 3 aromatic rings. The van der Waals surface area contributed by atoms with Crippen LogP contribution in [0.2, 0.25) is 5.02 Å². The molecule has 0 aliphatic heterocycles. The highest BCUT2D eigenvalue weighted by atomic mass is 35.5. The van der Waals surface area contributed by atoms with E-state index in [-0.39, 0.29) is 5.75 Å². The minimum atomic E-state index is -4.72. The first kappa shape index (κ1) is 21.6. The molecule has 1 heterocycles. The van der Waals surface area contributed by atoms with E-state index in [0.717, 1.165) is 28.5 Å². The van der Waals surface area contributed by atoms with E-state index >= 15 is 0 Å². The van der Waals surface area contributed by atoms with Crippen LogP contribution in [0.3, 0.4) is 0 Å². The van der Waals surface area contributed by atoms with Crippen LogP contribution in [0, 0.1) is 29.4 Å². The van der Waals surface area contributed by atoms with E-state index in [2.05, 4.69) is 21.6 Å². The lowest BCUT2D eigenvalue weighted by atomic mass is 9.99. The minimum Gasteiger partial charge on any atom is -0.406 e. The van der Waals surface area contributed by atoms with Crippen molar-refractivity contribution in [1.82, 2.24) is 4.98 Å². The number of benzene rings is 2. The molecule has 0 radical (unpaired) electrons. The summed E-state index contributed by atoms with van der Waals surface area (Å²) in [5.74, 6) is 5.60. The number of aromatic nitrogens is 1. The Balaban J connectivity index is 1.78. The fourth-order valence-corrected chi connectivity index (χ4v) is 3.31. The second kappa shape index (κ2) is 9.13. The van der Waals surface area contributed by atoms with Gasteiger partial charge >= 0.3 is 6.36 Å². The summed E-state index contributed by atoms with van der Waals surface area (Å²) in [6, 6.07) is 13.1. The molecule has 0 N–H and O–H groups in total. The van der Waals surface area contributed by atoms with Crippen molar-refractivity contribution in [2.24, 2.45) is 0 Å². The lowest BCUT2D eigenvalue weighted by Gasteiger charge is -2.12.